The van der Waals surface area contributed by atoms with Crippen molar-refractivity contribution in [2.24, 2.45) is 0 Å². The molecule has 0 radical (unpaired) electrons. The summed E-state index contributed by atoms with van der Waals surface area (Å²) in [5.41, 5.74) is 0.829. The lowest BCUT2D eigenvalue weighted by atomic mass is 10.1. The number of rotatable bonds is 4. The molecule has 0 unspecified atom stereocenters. The highest BCUT2D eigenvalue weighted by Crippen LogP contribution is 2.40. The van der Waals surface area contributed by atoms with Gasteiger partial charge in [0.2, 0.25) is 0 Å². The summed E-state index contributed by atoms with van der Waals surface area (Å²) in [5.74, 6) is 0.333. The van der Waals surface area contributed by atoms with E-state index in [1.54, 1.807) is 12.1 Å². The number of benzene rings is 1. The molecule has 1 saturated heterocycles. The Morgan fingerprint density at radius 1 is 1.26 bits per heavy atom. The lowest BCUT2D eigenvalue weighted by molar-refractivity contribution is 0.111. The number of hydrogen-bond acceptors (Lipinski definition) is 5. The van der Waals surface area contributed by atoms with Crippen molar-refractivity contribution in [3.05, 3.63) is 17.7 Å². The van der Waals surface area contributed by atoms with E-state index in [-0.39, 0.29) is 22.5 Å². The largest absolute Gasteiger partial charge is 0.495 e. The number of halogens is 1. The van der Waals surface area contributed by atoms with E-state index in [1.807, 2.05) is 0 Å². The second kappa shape index (κ2) is 5.56. The number of methoxy groups -OCH3 is 2. The molecule has 0 aliphatic carbocycles. The van der Waals surface area contributed by atoms with Crippen LogP contribution in [0.15, 0.2) is 17.0 Å². The molecule has 0 N–H and O–H groups in total. The fraction of sp³-hybridized carbons (Fsp3) is 0.500. The fourth-order valence-electron chi connectivity index (χ4n) is 2.17. The standard InChI is InChI=1S/C12H15ClO5S/c1-16-10-6-8(9-4-3-5-18-9)7-11(17-2)12(10)19(13,14)15/h6-7,9H,3-5H2,1-2H3/t9-/m0/s1. The van der Waals surface area contributed by atoms with Crippen LogP contribution >= 0.6 is 10.7 Å². The van der Waals surface area contributed by atoms with Crippen molar-refractivity contribution in [2.45, 2.75) is 23.8 Å². The normalized spacial score (nSPS) is 19.4. The van der Waals surface area contributed by atoms with Crippen LogP contribution in [-0.2, 0) is 13.8 Å². The Kier molecular flexibility index (Phi) is 4.23. The zero-order valence-electron chi connectivity index (χ0n) is 10.7. The second-order valence-corrected chi connectivity index (χ2v) is 6.70. The van der Waals surface area contributed by atoms with Gasteiger partial charge in [-0.2, -0.15) is 0 Å². The maximum atomic E-state index is 11.6. The van der Waals surface area contributed by atoms with Crippen LogP contribution in [0.5, 0.6) is 11.5 Å². The van der Waals surface area contributed by atoms with Gasteiger partial charge in [-0.25, -0.2) is 8.42 Å². The molecule has 1 aliphatic heterocycles. The van der Waals surface area contributed by atoms with Crippen LogP contribution in [0.1, 0.15) is 24.5 Å². The zero-order valence-corrected chi connectivity index (χ0v) is 12.3. The molecule has 1 fully saturated rings. The molecule has 7 heteroatoms. The van der Waals surface area contributed by atoms with E-state index in [2.05, 4.69) is 0 Å². The van der Waals surface area contributed by atoms with Gasteiger partial charge in [0.1, 0.15) is 11.5 Å². The van der Waals surface area contributed by atoms with E-state index >= 15 is 0 Å². The molecule has 106 valence electrons. The number of hydrogen-bond donors (Lipinski definition) is 0. The maximum absolute atomic E-state index is 11.6. The average Bonchev–Trinajstić information content (AvgIpc) is 2.89. The fourth-order valence-corrected chi connectivity index (χ4v) is 3.39. The Bertz CT molecular complexity index is 538. The van der Waals surface area contributed by atoms with Crippen molar-refractivity contribution >= 4 is 19.7 Å². The summed E-state index contributed by atoms with van der Waals surface area (Å²) < 4.78 is 39.0. The Balaban J connectivity index is 2.57. The highest BCUT2D eigenvalue weighted by molar-refractivity contribution is 8.13. The molecule has 2 rings (SSSR count). The summed E-state index contributed by atoms with van der Waals surface area (Å²) in [7, 11) is 4.25. The van der Waals surface area contributed by atoms with Crippen molar-refractivity contribution in [1.29, 1.82) is 0 Å². The van der Waals surface area contributed by atoms with Crippen molar-refractivity contribution in [3.8, 4) is 11.5 Å². The predicted molar refractivity (Wildman–Crippen MR) is 70.5 cm³/mol. The molecular weight excluding hydrogens is 292 g/mol. The first-order valence-electron chi connectivity index (χ1n) is 5.79. The van der Waals surface area contributed by atoms with Gasteiger partial charge >= 0.3 is 0 Å². The summed E-state index contributed by atoms with van der Waals surface area (Å²) in [6, 6.07) is 3.27. The molecule has 0 bridgehead atoms. The van der Waals surface area contributed by atoms with E-state index in [0.717, 1.165) is 18.4 Å². The topological polar surface area (TPSA) is 61.8 Å². The summed E-state index contributed by atoms with van der Waals surface area (Å²) in [6.07, 6.45) is 1.80. The van der Waals surface area contributed by atoms with Gasteiger partial charge in [0.25, 0.3) is 9.05 Å². The molecule has 1 atom stereocenters. The Morgan fingerprint density at radius 2 is 1.84 bits per heavy atom. The van der Waals surface area contributed by atoms with Crippen LogP contribution in [0.25, 0.3) is 0 Å². The highest BCUT2D eigenvalue weighted by Gasteiger charge is 2.27. The quantitative estimate of drug-likeness (QED) is 0.800. The Morgan fingerprint density at radius 3 is 2.21 bits per heavy atom. The van der Waals surface area contributed by atoms with E-state index in [0.29, 0.717) is 6.61 Å². The summed E-state index contributed by atoms with van der Waals surface area (Å²) in [5, 5.41) is 0. The van der Waals surface area contributed by atoms with Crippen molar-refractivity contribution in [2.75, 3.05) is 20.8 Å². The van der Waals surface area contributed by atoms with E-state index < -0.39 is 9.05 Å². The third-order valence-corrected chi connectivity index (χ3v) is 4.38. The molecule has 0 spiro atoms. The van der Waals surface area contributed by atoms with Gasteiger partial charge < -0.3 is 14.2 Å². The molecular formula is C12H15ClO5S. The van der Waals surface area contributed by atoms with Crippen LogP contribution in [0.4, 0.5) is 0 Å². The monoisotopic (exact) mass is 306 g/mol. The van der Waals surface area contributed by atoms with Gasteiger partial charge in [-0.05, 0) is 30.5 Å². The maximum Gasteiger partial charge on any atom is 0.268 e. The van der Waals surface area contributed by atoms with Crippen molar-refractivity contribution in [3.63, 3.8) is 0 Å². The van der Waals surface area contributed by atoms with Crippen LogP contribution in [-0.4, -0.2) is 29.2 Å². The Hall–Kier alpha value is -0.980. The van der Waals surface area contributed by atoms with Crippen molar-refractivity contribution in [1.82, 2.24) is 0 Å². The van der Waals surface area contributed by atoms with Gasteiger partial charge in [0.05, 0.1) is 20.3 Å². The van der Waals surface area contributed by atoms with Crippen LogP contribution in [0.3, 0.4) is 0 Å². The molecule has 1 aromatic carbocycles. The molecule has 1 aromatic rings. The van der Waals surface area contributed by atoms with Crippen LogP contribution in [0, 0.1) is 0 Å². The minimum atomic E-state index is -3.95. The summed E-state index contributed by atoms with van der Waals surface area (Å²) in [6.45, 7) is 0.699. The predicted octanol–water partition coefficient (Wildman–Crippen LogP) is 2.48. The molecule has 5 nitrogen and oxygen atoms in total. The lowest BCUT2D eigenvalue weighted by Gasteiger charge is -2.16. The summed E-state index contributed by atoms with van der Waals surface area (Å²) >= 11 is 0. The van der Waals surface area contributed by atoms with E-state index in [4.69, 9.17) is 24.9 Å². The van der Waals surface area contributed by atoms with Gasteiger partial charge in [-0.15, -0.1) is 0 Å². The third kappa shape index (κ3) is 2.96. The molecule has 0 saturated carbocycles. The van der Waals surface area contributed by atoms with Crippen LogP contribution < -0.4 is 9.47 Å². The Labute approximate surface area is 116 Å². The van der Waals surface area contributed by atoms with Crippen LogP contribution in [0.2, 0.25) is 0 Å². The minimum absolute atomic E-state index is 0.0603. The first-order chi connectivity index (χ1) is 8.97. The first-order valence-corrected chi connectivity index (χ1v) is 8.10. The van der Waals surface area contributed by atoms with Crippen molar-refractivity contribution < 1.29 is 22.6 Å². The molecule has 19 heavy (non-hydrogen) atoms. The second-order valence-electron chi connectivity index (χ2n) is 4.19. The number of ether oxygens (including phenoxy) is 3. The third-order valence-electron chi connectivity index (χ3n) is 3.03. The van der Waals surface area contributed by atoms with Gasteiger partial charge in [-0.3, -0.25) is 0 Å². The SMILES string of the molecule is COc1cc([C@@H]2CCCO2)cc(OC)c1S(=O)(=O)Cl. The smallest absolute Gasteiger partial charge is 0.268 e. The van der Waals surface area contributed by atoms with E-state index in [9.17, 15) is 8.42 Å². The molecule has 0 aromatic heterocycles. The zero-order chi connectivity index (χ0) is 14.0. The average molecular weight is 307 g/mol. The lowest BCUT2D eigenvalue weighted by Crippen LogP contribution is -2.04. The summed E-state index contributed by atoms with van der Waals surface area (Å²) in [4.78, 5) is -0.152. The van der Waals surface area contributed by atoms with Gasteiger partial charge in [-0.1, -0.05) is 0 Å². The molecule has 1 aliphatic rings. The highest BCUT2D eigenvalue weighted by atomic mass is 35.7. The minimum Gasteiger partial charge on any atom is -0.495 e. The molecule has 1 heterocycles. The van der Waals surface area contributed by atoms with Gasteiger partial charge in [0.15, 0.2) is 4.90 Å². The van der Waals surface area contributed by atoms with Gasteiger partial charge in [0, 0.05) is 17.3 Å². The molecule has 0 amide bonds. The first kappa shape index (κ1) is 14.4. The van der Waals surface area contributed by atoms with E-state index in [1.165, 1.54) is 14.2 Å².